The molecule has 0 heterocycles. The molecular formula is C14H26N2O. The van der Waals surface area contributed by atoms with Crippen LogP contribution in [0.15, 0.2) is 0 Å². The molecule has 0 aliphatic carbocycles. The first kappa shape index (κ1) is 16.0. The van der Waals surface area contributed by atoms with Crippen LogP contribution in [-0.2, 0) is 4.79 Å². The highest BCUT2D eigenvalue weighted by atomic mass is 16.1. The zero-order chi connectivity index (χ0) is 13.5. The predicted molar refractivity (Wildman–Crippen MR) is 72.3 cm³/mol. The highest BCUT2D eigenvalue weighted by Gasteiger charge is 2.19. The molecule has 17 heavy (non-hydrogen) atoms. The van der Waals surface area contributed by atoms with Crippen molar-refractivity contribution in [3.8, 4) is 12.3 Å². The van der Waals surface area contributed by atoms with Crippen molar-refractivity contribution in [2.24, 2.45) is 17.6 Å². The number of carbonyl (C=O) groups excluding carboxylic acids is 1. The van der Waals surface area contributed by atoms with Gasteiger partial charge in [-0.05, 0) is 45.1 Å². The molecule has 1 unspecified atom stereocenters. The molecule has 0 rings (SSSR count). The van der Waals surface area contributed by atoms with E-state index in [1.807, 2.05) is 13.8 Å². The topological polar surface area (TPSA) is 55.1 Å². The minimum absolute atomic E-state index is 0.0237. The van der Waals surface area contributed by atoms with Crippen LogP contribution in [0.3, 0.4) is 0 Å². The number of nitrogens with two attached hydrogens (primary N) is 1. The Hall–Kier alpha value is -1.01. The van der Waals surface area contributed by atoms with Gasteiger partial charge in [0.1, 0.15) is 0 Å². The van der Waals surface area contributed by atoms with E-state index >= 15 is 0 Å². The average Bonchev–Trinajstić information content (AvgIpc) is 2.23. The lowest BCUT2D eigenvalue weighted by atomic mass is 9.88. The van der Waals surface area contributed by atoms with Gasteiger partial charge in [-0.25, -0.2) is 0 Å². The van der Waals surface area contributed by atoms with Gasteiger partial charge in [-0.15, -0.1) is 6.42 Å². The number of nitrogens with one attached hydrogen (secondary N) is 1. The fourth-order valence-corrected chi connectivity index (χ4v) is 1.79. The first-order chi connectivity index (χ1) is 7.82. The van der Waals surface area contributed by atoms with Crippen molar-refractivity contribution in [1.29, 1.82) is 0 Å². The molecular weight excluding hydrogens is 212 g/mol. The van der Waals surface area contributed by atoms with Gasteiger partial charge in [0.05, 0.1) is 5.54 Å². The standard InChI is InChI=1S/C14H26N2O/c1-6-14(4,5)16-13(17)8-7-12(9-10-15)11(2)3/h1,11-12H,7-10,15H2,2-5H3,(H,16,17). The van der Waals surface area contributed by atoms with Crippen LogP contribution in [-0.4, -0.2) is 18.0 Å². The largest absolute Gasteiger partial charge is 0.340 e. The molecule has 0 radical (unpaired) electrons. The van der Waals surface area contributed by atoms with Crippen LogP contribution in [0.2, 0.25) is 0 Å². The Morgan fingerprint density at radius 3 is 2.41 bits per heavy atom. The van der Waals surface area contributed by atoms with E-state index in [9.17, 15) is 4.79 Å². The Bertz CT molecular complexity index is 276. The molecule has 0 saturated carbocycles. The summed E-state index contributed by atoms with van der Waals surface area (Å²) in [5, 5.41) is 2.84. The maximum atomic E-state index is 11.7. The summed E-state index contributed by atoms with van der Waals surface area (Å²) in [5.74, 6) is 3.66. The Morgan fingerprint density at radius 1 is 1.41 bits per heavy atom. The lowest BCUT2D eigenvalue weighted by Crippen LogP contribution is -2.42. The highest BCUT2D eigenvalue weighted by Crippen LogP contribution is 2.20. The van der Waals surface area contributed by atoms with Crippen molar-refractivity contribution in [3.05, 3.63) is 0 Å². The summed E-state index contributed by atoms with van der Waals surface area (Å²) in [6.07, 6.45) is 7.70. The van der Waals surface area contributed by atoms with Crippen LogP contribution in [0.1, 0.15) is 47.0 Å². The molecule has 0 aliphatic heterocycles. The Balaban J connectivity index is 4.10. The third-order valence-corrected chi connectivity index (χ3v) is 3.04. The molecule has 3 heteroatoms. The van der Waals surface area contributed by atoms with Crippen molar-refractivity contribution in [2.45, 2.75) is 52.5 Å². The van der Waals surface area contributed by atoms with E-state index in [4.69, 9.17) is 12.2 Å². The third kappa shape index (κ3) is 7.01. The molecule has 0 aromatic carbocycles. The highest BCUT2D eigenvalue weighted by molar-refractivity contribution is 5.77. The minimum atomic E-state index is -0.557. The molecule has 0 bridgehead atoms. The molecule has 0 aliphatic rings. The summed E-state index contributed by atoms with van der Waals surface area (Å²) in [6, 6.07) is 0. The third-order valence-electron chi connectivity index (χ3n) is 3.04. The van der Waals surface area contributed by atoms with Gasteiger partial charge < -0.3 is 11.1 Å². The molecule has 1 amide bonds. The molecule has 98 valence electrons. The van der Waals surface area contributed by atoms with E-state index in [2.05, 4.69) is 25.1 Å². The van der Waals surface area contributed by atoms with Crippen molar-refractivity contribution < 1.29 is 4.79 Å². The Labute approximate surface area is 106 Å². The summed E-state index contributed by atoms with van der Waals surface area (Å²) >= 11 is 0. The second-order valence-electron chi connectivity index (χ2n) is 5.44. The second-order valence-corrected chi connectivity index (χ2v) is 5.44. The second kappa shape index (κ2) is 7.34. The quantitative estimate of drug-likeness (QED) is 0.666. The van der Waals surface area contributed by atoms with Gasteiger partial charge in [0.25, 0.3) is 0 Å². The molecule has 1 atom stereocenters. The maximum Gasteiger partial charge on any atom is 0.221 e. The molecule has 0 spiro atoms. The van der Waals surface area contributed by atoms with Crippen molar-refractivity contribution in [3.63, 3.8) is 0 Å². The van der Waals surface area contributed by atoms with Gasteiger partial charge in [-0.1, -0.05) is 19.8 Å². The van der Waals surface area contributed by atoms with Gasteiger partial charge in [-0.3, -0.25) is 4.79 Å². The summed E-state index contributed by atoms with van der Waals surface area (Å²) in [5.41, 5.74) is 5.01. The van der Waals surface area contributed by atoms with Gasteiger partial charge in [0.2, 0.25) is 5.91 Å². The molecule has 0 aromatic heterocycles. The van der Waals surface area contributed by atoms with Gasteiger partial charge in [-0.2, -0.15) is 0 Å². The molecule has 0 fully saturated rings. The fraction of sp³-hybridized carbons (Fsp3) is 0.786. The van der Waals surface area contributed by atoms with Gasteiger partial charge >= 0.3 is 0 Å². The first-order valence-corrected chi connectivity index (χ1v) is 6.31. The summed E-state index contributed by atoms with van der Waals surface area (Å²) in [4.78, 5) is 11.7. The number of hydrogen-bond donors (Lipinski definition) is 2. The molecule has 0 aromatic rings. The monoisotopic (exact) mass is 238 g/mol. The van der Waals surface area contributed by atoms with Crippen LogP contribution in [0.4, 0.5) is 0 Å². The van der Waals surface area contributed by atoms with E-state index in [1.165, 1.54) is 0 Å². The first-order valence-electron chi connectivity index (χ1n) is 6.31. The lowest BCUT2D eigenvalue weighted by molar-refractivity contribution is -0.122. The number of amides is 1. The van der Waals surface area contributed by atoms with Gasteiger partial charge in [0, 0.05) is 6.42 Å². The fourth-order valence-electron chi connectivity index (χ4n) is 1.79. The van der Waals surface area contributed by atoms with E-state index in [0.717, 1.165) is 12.8 Å². The van der Waals surface area contributed by atoms with E-state index in [1.54, 1.807) is 0 Å². The van der Waals surface area contributed by atoms with E-state index in [0.29, 0.717) is 24.8 Å². The van der Waals surface area contributed by atoms with E-state index < -0.39 is 5.54 Å². The Morgan fingerprint density at radius 2 is 2.00 bits per heavy atom. The minimum Gasteiger partial charge on any atom is -0.340 e. The average molecular weight is 238 g/mol. The summed E-state index contributed by atoms with van der Waals surface area (Å²) in [6.45, 7) is 8.67. The van der Waals surface area contributed by atoms with Crippen LogP contribution in [0.25, 0.3) is 0 Å². The zero-order valence-electron chi connectivity index (χ0n) is 11.5. The van der Waals surface area contributed by atoms with Crippen LogP contribution in [0, 0.1) is 24.2 Å². The molecule has 3 N–H and O–H groups in total. The SMILES string of the molecule is C#CC(C)(C)NC(=O)CCC(CCN)C(C)C. The van der Waals surface area contributed by atoms with Crippen molar-refractivity contribution in [1.82, 2.24) is 5.32 Å². The lowest BCUT2D eigenvalue weighted by Gasteiger charge is -2.22. The number of rotatable bonds is 7. The number of terminal acetylenes is 1. The summed E-state index contributed by atoms with van der Waals surface area (Å²) in [7, 11) is 0. The molecule has 0 saturated heterocycles. The number of hydrogen-bond acceptors (Lipinski definition) is 2. The van der Waals surface area contributed by atoms with Gasteiger partial charge in [0.15, 0.2) is 0 Å². The van der Waals surface area contributed by atoms with Crippen LogP contribution >= 0.6 is 0 Å². The van der Waals surface area contributed by atoms with E-state index in [-0.39, 0.29) is 5.91 Å². The van der Waals surface area contributed by atoms with Crippen molar-refractivity contribution >= 4 is 5.91 Å². The predicted octanol–water partition coefficient (Wildman–Crippen LogP) is 1.92. The normalized spacial score (nSPS) is 13.2. The smallest absolute Gasteiger partial charge is 0.221 e. The Kier molecular flexibility index (Phi) is 6.91. The summed E-state index contributed by atoms with van der Waals surface area (Å²) < 4.78 is 0. The maximum absolute atomic E-state index is 11.7. The van der Waals surface area contributed by atoms with Crippen molar-refractivity contribution in [2.75, 3.05) is 6.54 Å². The van der Waals surface area contributed by atoms with Crippen LogP contribution < -0.4 is 11.1 Å². The number of carbonyl (C=O) groups is 1. The zero-order valence-corrected chi connectivity index (χ0v) is 11.5. The molecule has 3 nitrogen and oxygen atoms in total. The van der Waals surface area contributed by atoms with Crippen LogP contribution in [0.5, 0.6) is 0 Å².